The van der Waals surface area contributed by atoms with E-state index in [0.717, 1.165) is 32.4 Å². The number of carbonyl (C=O) groups is 1. The molecule has 0 aliphatic heterocycles. The van der Waals surface area contributed by atoms with E-state index in [0.29, 0.717) is 5.56 Å². The second-order valence-electron chi connectivity index (χ2n) is 6.45. The summed E-state index contributed by atoms with van der Waals surface area (Å²) < 4.78 is 1.19. The number of amides is 1. The van der Waals surface area contributed by atoms with Crippen LogP contribution in [0.4, 0.5) is 5.69 Å². The van der Waals surface area contributed by atoms with Crippen molar-refractivity contribution in [3.8, 4) is 10.6 Å². The molecule has 0 fully saturated rings. The van der Waals surface area contributed by atoms with Crippen LogP contribution < -0.4 is 5.32 Å². The van der Waals surface area contributed by atoms with Crippen LogP contribution in [-0.2, 0) is 0 Å². The number of aryl methyl sites for hydroxylation is 1. The number of carbonyl (C=O) groups excluding carboxylic acids is 1. The standard InChI is InChI=1S/C23H20N2OS2/c1-3-27-20-7-5-4-6-18(20)22(26)24-17-11-9-16(10-12-17)23-25-19-13-8-15(2)14-21(19)28-23/h4-14H,3H2,1-2H3,(H,24,26). The van der Waals surface area contributed by atoms with Crippen LogP contribution in [0.3, 0.4) is 0 Å². The summed E-state index contributed by atoms with van der Waals surface area (Å²) in [6.45, 7) is 4.18. The van der Waals surface area contributed by atoms with Gasteiger partial charge in [-0.3, -0.25) is 4.79 Å². The lowest BCUT2D eigenvalue weighted by Crippen LogP contribution is -2.12. The molecule has 1 aromatic heterocycles. The molecule has 0 spiro atoms. The Morgan fingerprint density at radius 1 is 1.07 bits per heavy atom. The maximum atomic E-state index is 12.7. The van der Waals surface area contributed by atoms with E-state index in [1.807, 2.05) is 48.5 Å². The lowest BCUT2D eigenvalue weighted by molar-refractivity contribution is 0.102. The first-order chi connectivity index (χ1) is 13.6. The van der Waals surface area contributed by atoms with Gasteiger partial charge in [-0.1, -0.05) is 25.1 Å². The number of aromatic nitrogens is 1. The molecule has 28 heavy (non-hydrogen) atoms. The van der Waals surface area contributed by atoms with Gasteiger partial charge in [0.15, 0.2) is 0 Å². The van der Waals surface area contributed by atoms with Crippen molar-refractivity contribution in [1.82, 2.24) is 4.98 Å². The lowest BCUT2D eigenvalue weighted by atomic mass is 10.2. The summed E-state index contributed by atoms with van der Waals surface area (Å²) >= 11 is 3.36. The van der Waals surface area contributed by atoms with Gasteiger partial charge >= 0.3 is 0 Å². The highest BCUT2D eigenvalue weighted by atomic mass is 32.2. The first-order valence-electron chi connectivity index (χ1n) is 9.15. The minimum Gasteiger partial charge on any atom is -0.322 e. The third-order valence-corrected chi connectivity index (χ3v) is 6.39. The van der Waals surface area contributed by atoms with Crippen molar-refractivity contribution in [2.45, 2.75) is 18.7 Å². The average Bonchev–Trinajstić information content (AvgIpc) is 3.12. The van der Waals surface area contributed by atoms with Crippen molar-refractivity contribution in [2.24, 2.45) is 0 Å². The monoisotopic (exact) mass is 404 g/mol. The number of rotatable bonds is 5. The Morgan fingerprint density at radius 3 is 2.64 bits per heavy atom. The molecule has 0 saturated heterocycles. The van der Waals surface area contributed by atoms with Gasteiger partial charge in [0, 0.05) is 16.1 Å². The fraction of sp³-hybridized carbons (Fsp3) is 0.130. The van der Waals surface area contributed by atoms with E-state index >= 15 is 0 Å². The third-order valence-electron chi connectivity index (χ3n) is 4.37. The quantitative estimate of drug-likeness (QED) is 0.379. The van der Waals surface area contributed by atoms with Gasteiger partial charge in [-0.15, -0.1) is 23.1 Å². The van der Waals surface area contributed by atoms with Gasteiger partial charge in [0.05, 0.1) is 15.8 Å². The molecule has 3 nitrogen and oxygen atoms in total. The van der Waals surface area contributed by atoms with Crippen molar-refractivity contribution in [3.05, 3.63) is 77.9 Å². The summed E-state index contributed by atoms with van der Waals surface area (Å²) in [5.74, 6) is 0.848. The smallest absolute Gasteiger partial charge is 0.256 e. The maximum Gasteiger partial charge on any atom is 0.256 e. The molecule has 140 valence electrons. The van der Waals surface area contributed by atoms with E-state index in [-0.39, 0.29) is 5.91 Å². The molecule has 0 aliphatic rings. The number of thiazole rings is 1. The van der Waals surface area contributed by atoms with Crippen LogP contribution in [-0.4, -0.2) is 16.6 Å². The molecule has 0 bridgehead atoms. The minimum atomic E-state index is -0.0836. The van der Waals surface area contributed by atoms with E-state index in [9.17, 15) is 4.79 Å². The van der Waals surface area contributed by atoms with Crippen LogP contribution >= 0.6 is 23.1 Å². The molecular formula is C23H20N2OS2. The topological polar surface area (TPSA) is 42.0 Å². The van der Waals surface area contributed by atoms with Crippen LogP contribution in [0.1, 0.15) is 22.8 Å². The van der Waals surface area contributed by atoms with E-state index < -0.39 is 0 Å². The normalized spacial score (nSPS) is 10.9. The van der Waals surface area contributed by atoms with Gasteiger partial charge in [0.2, 0.25) is 0 Å². The Kier molecular flexibility index (Phi) is 5.46. The Morgan fingerprint density at radius 2 is 1.86 bits per heavy atom. The summed E-state index contributed by atoms with van der Waals surface area (Å²) in [6, 6.07) is 21.9. The van der Waals surface area contributed by atoms with Crippen LogP contribution in [0.2, 0.25) is 0 Å². The summed E-state index contributed by atoms with van der Waals surface area (Å²) in [7, 11) is 0. The number of benzene rings is 3. The average molecular weight is 405 g/mol. The summed E-state index contributed by atoms with van der Waals surface area (Å²) in [5.41, 5.74) is 4.80. The van der Waals surface area contributed by atoms with Crippen molar-refractivity contribution in [1.29, 1.82) is 0 Å². The van der Waals surface area contributed by atoms with E-state index in [2.05, 4.69) is 37.4 Å². The van der Waals surface area contributed by atoms with Crippen LogP contribution in [0.15, 0.2) is 71.6 Å². The van der Waals surface area contributed by atoms with Crippen molar-refractivity contribution in [2.75, 3.05) is 11.1 Å². The second kappa shape index (κ2) is 8.17. The molecule has 4 aromatic rings. The molecule has 0 unspecified atom stereocenters. The molecular weight excluding hydrogens is 384 g/mol. The second-order valence-corrected chi connectivity index (χ2v) is 8.79. The predicted octanol–water partition coefficient (Wildman–Crippen LogP) is 6.64. The molecule has 1 N–H and O–H groups in total. The van der Waals surface area contributed by atoms with Gasteiger partial charge in [0.25, 0.3) is 5.91 Å². The third kappa shape index (κ3) is 3.96. The summed E-state index contributed by atoms with van der Waals surface area (Å²) in [5, 5.41) is 3.99. The molecule has 0 aliphatic carbocycles. The zero-order chi connectivity index (χ0) is 19.5. The minimum absolute atomic E-state index is 0.0836. The van der Waals surface area contributed by atoms with Crippen LogP contribution in [0.25, 0.3) is 20.8 Å². The van der Waals surface area contributed by atoms with Crippen molar-refractivity contribution >= 4 is 44.9 Å². The van der Waals surface area contributed by atoms with Crippen LogP contribution in [0, 0.1) is 6.92 Å². The maximum absolute atomic E-state index is 12.7. The fourth-order valence-electron chi connectivity index (χ4n) is 2.99. The number of anilines is 1. The first kappa shape index (κ1) is 18.7. The summed E-state index contributed by atoms with van der Waals surface area (Å²) in [4.78, 5) is 18.4. The Labute approximate surface area is 172 Å². The first-order valence-corrected chi connectivity index (χ1v) is 10.9. The SMILES string of the molecule is CCSc1ccccc1C(=O)Nc1ccc(-c2nc3ccc(C)cc3s2)cc1. The van der Waals surface area contributed by atoms with Gasteiger partial charge < -0.3 is 5.32 Å². The number of nitrogens with zero attached hydrogens (tertiary/aromatic N) is 1. The highest BCUT2D eigenvalue weighted by Gasteiger charge is 2.12. The molecule has 5 heteroatoms. The van der Waals surface area contributed by atoms with Gasteiger partial charge in [-0.25, -0.2) is 4.98 Å². The van der Waals surface area contributed by atoms with Crippen molar-refractivity contribution in [3.63, 3.8) is 0 Å². The van der Waals surface area contributed by atoms with Gasteiger partial charge in [-0.05, 0) is 66.8 Å². The largest absolute Gasteiger partial charge is 0.322 e. The predicted molar refractivity (Wildman–Crippen MR) is 121 cm³/mol. The number of nitrogens with one attached hydrogen (secondary N) is 1. The molecule has 3 aromatic carbocycles. The molecule has 4 rings (SSSR count). The zero-order valence-electron chi connectivity index (χ0n) is 15.7. The molecule has 0 saturated carbocycles. The Hall–Kier alpha value is -2.63. The highest BCUT2D eigenvalue weighted by Crippen LogP contribution is 2.31. The van der Waals surface area contributed by atoms with E-state index in [1.165, 1.54) is 10.3 Å². The molecule has 0 radical (unpaired) electrons. The van der Waals surface area contributed by atoms with Crippen LogP contribution in [0.5, 0.6) is 0 Å². The number of hydrogen-bond donors (Lipinski definition) is 1. The lowest BCUT2D eigenvalue weighted by Gasteiger charge is -2.09. The van der Waals surface area contributed by atoms with Gasteiger partial charge in [-0.2, -0.15) is 0 Å². The van der Waals surface area contributed by atoms with E-state index in [1.54, 1.807) is 23.1 Å². The van der Waals surface area contributed by atoms with Crippen molar-refractivity contribution < 1.29 is 4.79 Å². The zero-order valence-corrected chi connectivity index (χ0v) is 17.4. The molecule has 0 atom stereocenters. The number of fused-ring (bicyclic) bond motifs is 1. The summed E-state index contributed by atoms with van der Waals surface area (Å²) in [6.07, 6.45) is 0. The van der Waals surface area contributed by atoms with E-state index in [4.69, 9.17) is 4.98 Å². The Bertz CT molecular complexity index is 1130. The molecule has 1 heterocycles. The highest BCUT2D eigenvalue weighted by molar-refractivity contribution is 7.99. The van der Waals surface area contributed by atoms with Gasteiger partial charge in [0.1, 0.15) is 5.01 Å². The number of hydrogen-bond acceptors (Lipinski definition) is 4. The number of thioether (sulfide) groups is 1. The Balaban J connectivity index is 1.54. The fourth-order valence-corrected chi connectivity index (χ4v) is 4.86. The molecule has 1 amide bonds.